The lowest BCUT2D eigenvalue weighted by molar-refractivity contribution is -0.00533. The highest BCUT2D eigenvalue weighted by molar-refractivity contribution is 6.29. The molecule has 5 nitrogen and oxygen atoms in total. The third-order valence-electron chi connectivity index (χ3n) is 3.54. The topological polar surface area (TPSA) is 47.4 Å². The number of hydrogen-bond donors (Lipinski definition) is 0. The van der Waals surface area contributed by atoms with E-state index in [9.17, 15) is 4.79 Å². The molecule has 2 aliphatic rings. The summed E-state index contributed by atoms with van der Waals surface area (Å²) in [4.78, 5) is 14.5. The van der Waals surface area contributed by atoms with Gasteiger partial charge in [-0.05, 0) is 26.7 Å². The first-order chi connectivity index (χ1) is 9.04. The van der Waals surface area contributed by atoms with Crippen LogP contribution in [0.5, 0.6) is 0 Å². The molecule has 19 heavy (non-hydrogen) atoms. The first-order valence-corrected chi connectivity index (χ1v) is 7.12. The average Bonchev–Trinajstić information content (AvgIpc) is 3.14. The zero-order valence-corrected chi connectivity index (χ0v) is 11.9. The third-order valence-corrected chi connectivity index (χ3v) is 3.72. The second kappa shape index (κ2) is 4.80. The van der Waals surface area contributed by atoms with Crippen LogP contribution in [0.15, 0.2) is 10.9 Å². The van der Waals surface area contributed by atoms with Crippen LogP contribution in [0.4, 0.5) is 5.69 Å². The second-order valence-corrected chi connectivity index (χ2v) is 5.88. The maximum absolute atomic E-state index is 12.5. The Morgan fingerprint density at radius 2 is 1.95 bits per heavy atom. The van der Waals surface area contributed by atoms with E-state index < -0.39 is 0 Å². The Labute approximate surface area is 117 Å². The summed E-state index contributed by atoms with van der Waals surface area (Å²) in [5.74, 6) is 0. The van der Waals surface area contributed by atoms with Crippen LogP contribution < -0.4 is 10.5 Å². The largest absolute Gasteiger partial charge is 0.372 e. The van der Waals surface area contributed by atoms with Gasteiger partial charge < -0.3 is 9.64 Å². The number of rotatable bonds is 2. The standard InChI is InChI=1S/C13H18ClN3O2/c1-8-6-16(7-9(2)19-8)11-5-12(14)15-17(13(11)18)10-3-4-10/h5,8-10H,3-4,6-7H2,1-2H3/t8-,9+. The fourth-order valence-electron chi connectivity index (χ4n) is 2.64. The Hall–Kier alpha value is -1.07. The highest BCUT2D eigenvalue weighted by Crippen LogP contribution is 2.33. The minimum absolute atomic E-state index is 0.0341. The van der Waals surface area contributed by atoms with Crippen LogP contribution in [0, 0.1) is 0 Å². The van der Waals surface area contributed by atoms with Gasteiger partial charge in [0.15, 0.2) is 5.15 Å². The van der Waals surface area contributed by atoms with Crippen LogP contribution in [0.1, 0.15) is 32.7 Å². The Morgan fingerprint density at radius 1 is 1.32 bits per heavy atom. The molecule has 0 bridgehead atoms. The maximum Gasteiger partial charge on any atom is 0.290 e. The summed E-state index contributed by atoms with van der Waals surface area (Å²) in [5.41, 5.74) is 0.613. The molecule has 0 radical (unpaired) electrons. The van der Waals surface area contributed by atoms with Crippen molar-refractivity contribution in [1.82, 2.24) is 9.78 Å². The fourth-order valence-corrected chi connectivity index (χ4v) is 2.82. The van der Waals surface area contributed by atoms with Crippen molar-refractivity contribution in [3.05, 3.63) is 21.6 Å². The van der Waals surface area contributed by atoms with E-state index in [1.807, 2.05) is 13.8 Å². The van der Waals surface area contributed by atoms with Crippen LogP contribution >= 0.6 is 11.6 Å². The summed E-state index contributed by atoms with van der Waals surface area (Å²) in [6.45, 7) is 5.46. The zero-order valence-electron chi connectivity index (χ0n) is 11.2. The zero-order chi connectivity index (χ0) is 13.6. The van der Waals surface area contributed by atoms with Crippen molar-refractivity contribution < 1.29 is 4.74 Å². The van der Waals surface area contributed by atoms with Crippen LogP contribution in [0.3, 0.4) is 0 Å². The van der Waals surface area contributed by atoms with Crippen molar-refractivity contribution in [2.45, 2.75) is 44.9 Å². The van der Waals surface area contributed by atoms with E-state index >= 15 is 0 Å². The summed E-state index contributed by atoms with van der Waals surface area (Å²) in [6.07, 6.45) is 2.26. The van der Waals surface area contributed by atoms with Gasteiger partial charge in [0.2, 0.25) is 0 Å². The molecule has 0 aromatic carbocycles. The summed E-state index contributed by atoms with van der Waals surface area (Å²) in [7, 11) is 0. The molecule has 6 heteroatoms. The van der Waals surface area contributed by atoms with Gasteiger partial charge in [0.25, 0.3) is 5.56 Å². The maximum atomic E-state index is 12.5. The Kier molecular flexibility index (Phi) is 3.27. The number of anilines is 1. The van der Waals surface area contributed by atoms with Gasteiger partial charge in [-0.25, -0.2) is 4.68 Å². The van der Waals surface area contributed by atoms with Gasteiger partial charge in [-0.2, -0.15) is 5.10 Å². The lowest BCUT2D eigenvalue weighted by Gasteiger charge is -2.36. The molecule has 2 atom stereocenters. The van der Waals surface area contributed by atoms with E-state index in [-0.39, 0.29) is 23.8 Å². The van der Waals surface area contributed by atoms with Crippen molar-refractivity contribution in [2.75, 3.05) is 18.0 Å². The fraction of sp³-hybridized carbons (Fsp3) is 0.692. The lowest BCUT2D eigenvalue weighted by Crippen LogP contribution is -2.47. The monoisotopic (exact) mass is 283 g/mol. The Morgan fingerprint density at radius 3 is 2.53 bits per heavy atom. The van der Waals surface area contributed by atoms with Crippen molar-refractivity contribution in [3.8, 4) is 0 Å². The average molecular weight is 284 g/mol. The smallest absolute Gasteiger partial charge is 0.290 e. The van der Waals surface area contributed by atoms with E-state index in [1.165, 1.54) is 0 Å². The number of halogens is 1. The molecular weight excluding hydrogens is 266 g/mol. The van der Waals surface area contributed by atoms with Crippen molar-refractivity contribution in [2.24, 2.45) is 0 Å². The number of morpholine rings is 1. The van der Waals surface area contributed by atoms with Crippen molar-refractivity contribution >= 4 is 17.3 Å². The van der Waals surface area contributed by atoms with Gasteiger partial charge >= 0.3 is 0 Å². The van der Waals surface area contributed by atoms with Crippen LogP contribution in [0.25, 0.3) is 0 Å². The molecular formula is C13H18ClN3O2. The molecule has 1 aromatic rings. The van der Waals surface area contributed by atoms with Gasteiger partial charge in [0.05, 0.1) is 18.2 Å². The molecule has 1 saturated carbocycles. The van der Waals surface area contributed by atoms with E-state index in [0.29, 0.717) is 23.9 Å². The SMILES string of the molecule is C[C@@H]1CN(c2cc(Cl)nn(C3CC3)c2=O)C[C@H](C)O1. The van der Waals surface area contributed by atoms with Gasteiger partial charge in [0, 0.05) is 19.2 Å². The van der Waals surface area contributed by atoms with Crippen molar-refractivity contribution in [3.63, 3.8) is 0 Å². The third kappa shape index (κ3) is 2.62. The minimum Gasteiger partial charge on any atom is -0.372 e. The highest BCUT2D eigenvalue weighted by atomic mass is 35.5. The molecule has 0 N–H and O–H groups in total. The second-order valence-electron chi connectivity index (χ2n) is 5.50. The van der Waals surface area contributed by atoms with E-state index in [1.54, 1.807) is 10.7 Å². The summed E-state index contributed by atoms with van der Waals surface area (Å²) >= 11 is 6.06. The lowest BCUT2D eigenvalue weighted by atomic mass is 10.2. The van der Waals surface area contributed by atoms with Crippen LogP contribution in [-0.4, -0.2) is 35.1 Å². The van der Waals surface area contributed by atoms with E-state index in [0.717, 1.165) is 12.8 Å². The summed E-state index contributed by atoms with van der Waals surface area (Å²) in [5, 5.41) is 4.52. The Bertz CT molecular complexity index is 531. The van der Waals surface area contributed by atoms with Gasteiger partial charge in [-0.3, -0.25) is 4.79 Å². The molecule has 2 fully saturated rings. The number of nitrogens with zero attached hydrogens (tertiary/aromatic N) is 3. The quantitative estimate of drug-likeness (QED) is 0.831. The summed E-state index contributed by atoms with van der Waals surface area (Å²) < 4.78 is 7.24. The van der Waals surface area contributed by atoms with Crippen LogP contribution in [0.2, 0.25) is 5.15 Å². The molecule has 3 rings (SSSR count). The first kappa shape index (κ1) is 12.9. The molecule has 1 aromatic heterocycles. The molecule has 0 unspecified atom stereocenters. The molecule has 0 spiro atoms. The highest BCUT2D eigenvalue weighted by Gasteiger charge is 2.30. The molecule has 1 aliphatic carbocycles. The molecule has 2 heterocycles. The number of aromatic nitrogens is 2. The number of hydrogen-bond acceptors (Lipinski definition) is 4. The predicted molar refractivity (Wildman–Crippen MR) is 74.0 cm³/mol. The molecule has 1 aliphatic heterocycles. The first-order valence-electron chi connectivity index (χ1n) is 6.74. The minimum atomic E-state index is -0.0341. The molecule has 0 amide bonds. The van der Waals surface area contributed by atoms with Gasteiger partial charge in [-0.1, -0.05) is 11.6 Å². The molecule has 1 saturated heterocycles. The van der Waals surface area contributed by atoms with Gasteiger partial charge in [-0.15, -0.1) is 0 Å². The van der Waals surface area contributed by atoms with E-state index in [2.05, 4.69) is 10.00 Å². The van der Waals surface area contributed by atoms with Crippen LogP contribution in [-0.2, 0) is 4.74 Å². The normalized spacial score (nSPS) is 27.6. The predicted octanol–water partition coefficient (Wildman–Crippen LogP) is 1.85. The molecule has 104 valence electrons. The van der Waals surface area contributed by atoms with Crippen molar-refractivity contribution in [1.29, 1.82) is 0 Å². The van der Waals surface area contributed by atoms with E-state index in [4.69, 9.17) is 16.3 Å². The van der Waals surface area contributed by atoms with Gasteiger partial charge in [0.1, 0.15) is 5.69 Å². The number of ether oxygens (including phenoxy) is 1. The summed E-state index contributed by atoms with van der Waals surface area (Å²) in [6, 6.07) is 1.91. The Balaban J connectivity index is 1.97.